The molecular formula is C19H22N4O2. The molecule has 25 heavy (non-hydrogen) atoms. The lowest BCUT2D eigenvalue weighted by atomic mass is 9.71. The molecule has 1 saturated carbocycles. The van der Waals surface area contributed by atoms with E-state index in [1.807, 2.05) is 42.2 Å². The largest absolute Gasteiger partial charge is 0.348 e. The maximum absolute atomic E-state index is 12.8. The molecule has 130 valence electrons. The lowest BCUT2D eigenvalue weighted by molar-refractivity contribution is -0.131. The first-order chi connectivity index (χ1) is 12.1. The molecule has 0 radical (unpaired) electrons. The first-order valence-corrected chi connectivity index (χ1v) is 8.76. The van der Waals surface area contributed by atoms with Crippen molar-refractivity contribution in [2.45, 2.75) is 25.3 Å². The number of aromatic nitrogens is 2. The molecule has 4 rings (SSSR count). The summed E-state index contributed by atoms with van der Waals surface area (Å²) in [5.41, 5.74) is 1.53. The van der Waals surface area contributed by atoms with Crippen molar-refractivity contribution < 1.29 is 9.59 Å². The van der Waals surface area contributed by atoms with E-state index >= 15 is 0 Å². The van der Waals surface area contributed by atoms with E-state index in [4.69, 9.17) is 0 Å². The zero-order valence-electron chi connectivity index (χ0n) is 14.2. The number of nitrogens with one attached hydrogen (secondary N) is 2. The van der Waals surface area contributed by atoms with E-state index in [1.54, 1.807) is 0 Å². The second-order valence-electron chi connectivity index (χ2n) is 7.08. The fourth-order valence-electron chi connectivity index (χ4n) is 4.04. The van der Waals surface area contributed by atoms with Gasteiger partial charge in [-0.1, -0.05) is 30.3 Å². The van der Waals surface area contributed by atoms with Gasteiger partial charge in [0.15, 0.2) is 0 Å². The second kappa shape index (κ2) is 6.35. The van der Waals surface area contributed by atoms with Gasteiger partial charge in [-0.25, -0.2) is 4.98 Å². The maximum Gasteiger partial charge on any atom is 0.269 e. The Kier molecular flexibility index (Phi) is 4.03. The van der Waals surface area contributed by atoms with Gasteiger partial charge in [-0.3, -0.25) is 9.59 Å². The third kappa shape index (κ3) is 2.92. The van der Waals surface area contributed by atoms with Crippen LogP contribution in [0.15, 0.2) is 42.9 Å². The van der Waals surface area contributed by atoms with E-state index < -0.39 is 0 Å². The molecule has 2 fully saturated rings. The Balaban J connectivity index is 1.35. The Labute approximate surface area is 146 Å². The quantitative estimate of drug-likeness (QED) is 0.892. The summed E-state index contributed by atoms with van der Waals surface area (Å²) in [4.78, 5) is 33.6. The lowest BCUT2D eigenvalue weighted by Crippen LogP contribution is -2.52. The standard InChI is InChI=1S/C19H22N4O2/c1-12(13-5-3-2-4-6-13)19(25)23-9-14-7-16(15(14)10-23)22-18(24)17-8-20-11-21-17/h2-6,8,11-12,14-16H,7,9-10H2,1H3,(H,20,21)(H,22,24)/t12-,14?,15?,16?/m0/s1. The van der Waals surface area contributed by atoms with Gasteiger partial charge in [0.2, 0.25) is 5.91 Å². The third-order valence-corrected chi connectivity index (χ3v) is 5.61. The number of benzene rings is 1. The highest BCUT2D eigenvalue weighted by atomic mass is 16.2. The van der Waals surface area contributed by atoms with Gasteiger partial charge < -0.3 is 15.2 Å². The van der Waals surface area contributed by atoms with Gasteiger partial charge in [0.1, 0.15) is 5.69 Å². The van der Waals surface area contributed by atoms with Crippen molar-refractivity contribution in [2.75, 3.05) is 13.1 Å². The molecule has 1 aromatic carbocycles. The molecule has 6 heteroatoms. The molecule has 3 unspecified atom stereocenters. The van der Waals surface area contributed by atoms with Crippen LogP contribution in [0.2, 0.25) is 0 Å². The van der Waals surface area contributed by atoms with E-state index in [0.29, 0.717) is 17.5 Å². The molecule has 1 aliphatic carbocycles. The van der Waals surface area contributed by atoms with Crippen molar-refractivity contribution in [3.63, 3.8) is 0 Å². The molecule has 2 N–H and O–H groups in total. The molecule has 0 bridgehead atoms. The summed E-state index contributed by atoms with van der Waals surface area (Å²) in [5, 5.41) is 3.06. The summed E-state index contributed by atoms with van der Waals surface area (Å²) >= 11 is 0. The van der Waals surface area contributed by atoms with Crippen LogP contribution in [-0.2, 0) is 4.79 Å². The average molecular weight is 338 g/mol. The van der Waals surface area contributed by atoms with Crippen LogP contribution in [0.5, 0.6) is 0 Å². The minimum Gasteiger partial charge on any atom is -0.348 e. The van der Waals surface area contributed by atoms with Gasteiger partial charge >= 0.3 is 0 Å². The summed E-state index contributed by atoms with van der Waals surface area (Å²) in [6.07, 6.45) is 3.96. The number of rotatable bonds is 4. The number of hydrogen-bond donors (Lipinski definition) is 2. The summed E-state index contributed by atoms with van der Waals surface area (Å²) in [6, 6.07) is 10.0. The van der Waals surface area contributed by atoms with Gasteiger partial charge in [0.25, 0.3) is 5.91 Å². The number of nitrogens with zero attached hydrogens (tertiary/aromatic N) is 2. The molecule has 2 aromatic rings. The number of H-pyrrole nitrogens is 1. The van der Waals surface area contributed by atoms with E-state index in [0.717, 1.165) is 25.1 Å². The smallest absolute Gasteiger partial charge is 0.269 e. The predicted molar refractivity (Wildman–Crippen MR) is 92.9 cm³/mol. The van der Waals surface area contributed by atoms with E-state index in [-0.39, 0.29) is 23.8 Å². The van der Waals surface area contributed by atoms with Crippen LogP contribution < -0.4 is 5.32 Å². The summed E-state index contributed by atoms with van der Waals surface area (Å²) in [5.74, 6) is 0.789. The molecule has 6 nitrogen and oxygen atoms in total. The summed E-state index contributed by atoms with van der Waals surface area (Å²) in [7, 11) is 0. The Bertz CT molecular complexity index is 759. The van der Waals surface area contributed by atoms with E-state index in [9.17, 15) is 9.59 Å². The minimum absolute atomic E-state index is 0.122. The normalized spacial score (nSPS) is 25.8. The zero-order chi connectivity index (χ0) is 17.4. The SMILES string of the molecule is C[C@H](C(=O)N1CC2CC(NC(=O)c3cnc[nH]3)C2C1)c1ccccc1. The van der Waals surface area contributed by atoms with Gasteiger partial charge in [0.05, 0.1) is 18.4 Å². The number of likely N-dealkylation sites (tertiary alicyclic amines) is 1. The highest BCUT2D eigenvalue weighted by molar-refractivity contribution is 5.92. The average Bonchev–Trinajstić information content (AvgIpc) is 3.27. The number of carbonyl (C=O) groups is 2. The van der Waals surface area contributed by atoms with Gasteiger partial charge in [-0.15, -0.1) is 0 Å². The van der Waals surface area contributed by atoms with Gasteiger partial charge in [0, 0.05) is 25.0 Å². The van der Waals surface area contributed by atoms with Crippen LogP contribution in [0.3, 0.4) is 0 Å². The highest BCUT2D eigenvalue weighted by Gasteiger charge is 2.49. The van der Waals surface area contributed by atoms with Crippen LogP contribution in [0, 0.1) is 11.8 Å². The fourth-order valence-corrected chi connectivity index (χ4v) is 4.04. The van der Waals surface area contributed by atoms with Crippen molar-refractivity contribution >= 4 is 11.8 Å². The van der Waals surface area contributed by atoms with Crippen LogP contribution in [0.25, 0.3) is 0 Å². The van der Waals surface area contributed by atoms with Crippen molar-refractivity contribution in [2.24, 2.45) is 11.8 Å². The number of carbonyl (C=O) groups excluding carboxylic acids is 2. The first kappa shape index (κ1) is 15.9. The number of aromatic amines is 1. The zero-order valence-corrected chi connectivity index (χ0v) is 14.2. The van der Waals surface area contributed by atoms with Crippen molar-refractivity contribution in [3.8, 4) is 0 Å². The molecule has 2 aliphatic rings. The Morgan fingerprint density at radius 2 is 2.08 bits per heavy atom. The van der Waals surface area contributed by atoms with Crippen LogP contribution in [-0.4, -0.2) is 45.8 Å². The summed E-state index contributed by atoms with van der Waals surface area (Å²) in [6.45, 7) is 3.50. The highest BCUT2D eigenvalue weighted by Crippen LogP contribution is 2.41. The topological polar surface area (TPSA) is 78.1 Å². The predicted octanol–water partition coefficient (Wildman–Crippen LogP) is 1.79. The Morgan fingerprint density at radius 1 is 1.28 bits per heavy atom. The molecule has 2 amide bonds. The molecule has 1 saturated heterocycles. The van der Waals surface area contributed by atoms with E-state index in [2.05, 4.69) is 15.3 Å². The molecule has 4 atom stereocenters. The molecule has 2 heterocycles. The number of fused-ring (bicyclic) bond motifs is 1. The van der Waals surface area contributed by atoms with Crippen molar-refractivity contribution in [1.29, 1.82) is 0 Å². The fraction of sp³-hybridized carbons (Fsp3) is 0.421. The van der Waals surface area contributed by atoms with Gasteiger partial charge in [-0.05, 0) is 24.8 Å². The van der Waals surface area contributed by atoms with Gasteiger partial charge in [-0.2, -0.15) is 0 Å². The molecular weight excluding hydrogens is 316 g/mol. The summed E-state index contributed by atoms with van der Waals surface area (Å²) < 4.78 is 0. The van der Waals surface area contributed by atoms with E-state index in [1.165, 1.54) is 12.5 Å². The molecule has 1 aliphatic heterocycles. The second-order valence-corrected chi connectivity index (χ2v) is 7.08. The molecule has 0 spiro atoms. The number of amides is 2. The minimum atomic E-state index is -0.128. The van der Waals surface area contributed by atoms with Crippen LogP contribution in [0.4, 0.5) is 0 Å². The first-order valence-electron chi connectivity index (χ1n) is 8.76. The molecule has 1 aromatic heterocycles. The lowest BCUT2D eigenvalue weighted by Gasteiger charge is -2.39. The van der Waals surface area contributed by atoms with Crippen LogP contribution in [0.1, 0.15) is 35.3 Å². The number of imidazole rings is 1. The number of hydrogen-bond acceptors (Lipinski definition) is 3. The Hall–Kier alpha value is -2.63. The third-order valence-electron chi connectivity index (χ3n) is 5.61. The monoisotopic (exact) mass is 338 g/mol. The maximum atomic E-state index is 12.8. The van der Waals surface area contributed by atoms with Crippen molar-refractivity contribution in [1.82, 2.24) is 20.2 Å². The van der Waals surface area contributed by atoms with Crippen molar-refractivity contribution in [3.05, 3.63) is 54.1 Å². The van der Waals surface area contributed by atoms with Crippen LogP contribution >= 0.6 is 0 Å². The Morgan fingerprint density at radius 3 is 2.80 bits per heavy atom.